The van der Waals surface area contributed by atoms with Crippen LogP contribution in [0.4, 0.5) is 0 Å². The molecule has 96 valence electrons. The van der Waals surface area contributed by atoms with Gasteiger partial charge in [-0.3, -0.25) is 4.79 Å². The first-order valence-corrected chi connectivity index (χ1v) is 6.67. The zero-order valence-electron chi connectivity index (χ0n) is 10.7. The third-order valence-electron chi connectivity index (χ3n) is 3.75. The second-order valence-corrected chi connectivity index (χ2v) is 5.43. The van der Waals surface area contributed by atoms with Gasteiger partial charge in [0.25, 0.3) is 0 Å². The average molecular weight is 238 g/mol. The van der Waals surface area contributed by atoms with Gasteiger partial charge in [0.1, 0.15) is 0 Å². The normalized spacial score (nSPS) is 30.7. The monoisotopic (exact) mass is 238 g/mol. The smallest absolute Gasteiger partial charge is 0.248 e. The van der Waals surface area contributed by atoms with Crippen LogP contribution in [-0.2, 0) is 4.79 Å². The molecule has 1 aliphatic carbocycles. The summed E-state index contributed by atoms with van der Waals surface area (Å²) in [6.07, 6.45) is 4.98. The largest absolute Gasteiger partial charge is 0.391 e. The second kappa shape index (κ2) is 5.17. The van der Waals surface area contributed by atoms with Gasteiger partial charge in [-0.1, -0.05) is 33.1 Å². The van der Waals surface area contributed by atoms with Crippen LogP contribution in [0.5, 0.6) is 0 Å². The number of nitrogens with zero attached hydrogens (tertiary/aromatic N) is 2. The minimum Gasteiger partial charge on any atom is -0.391 e. The molecule has 1 fully saturated rings. The highest BCUT2D eigenvalue weighted by Crippen LogP contribution is 2.26. The molecule has 0 saturated heterocycles. The molecule has 2 unspecified atom stereocenters. The van der Waals surface area contributed by atoms with Gasteiger partial charge in [0.2, 0.25) is 5.91 Å². The van der Waals surface area contributed by atoms with Gasteiger partial charge in [0.05, 0.1) is 24.3 Å². The molecule has 17 heavy (non-hydrogen) atoms. The molecule has 2 atom stereocenters. The van der Waals surface area contributed by atoms with Gasteiger partial charge in [-0.15, -0.1) is 0 Å². The van der Waals surface area contributed by atoms with Crippen LogP contribution in [0.2, 0.25) is 0 Å². The molecule has 2 rings (SSSR count). The van der Waals surface area contributed by atoms with Gasteiger partial charge in [-0.25, -0.2) is 5.01 Å². The average Bonchev–Trinajstić information content (AvgIpc) is 2.53. The van der Waals surface area contributed by atoms with E-state index in [1.165, 1.54) is 0 Å². The number of hydrogen-bond donors (Lipinski definition) is 1. The Balaban J connectivity index is 2.12. The second-order valence-electron chi connectivity index (χ2n) is 5.43. The molecule has 1 saturated carbocycles. The highest BCUT2D eigenvalue weighted by molar-refractivity contribution is 6.05. The lowest BCUT2D eigenvalue weighted by molar-refractivity contribution is -0.133. The molecule has 0 bridgehead atoms. The number of hydrazone groups is 1. The van der Waals surface area contributed by atoms with E-state index in [2.05, 4.69) is 18.9 Å². The molecule has 2 aliphatic rings. The molecule has 4 heteroatoms. The van der Waals surface area contributed by atoms with Crippen LogP contribution < -0.4 is 0 Å². The van der Waals surface area contributed by atoms with E-state index in [4.69, 9.17) is 0 Å². The highest BCUT2D eigenvalue weighted by Gasteiger charge is 2.35. The molecule has 0 spiro atoms. The quantitative estimate of drug-likeness (QED) is 0.747. The lowest BCUT2D eigenvalue weighted by Crippen LogP contribution is -2.41. The van der Waals surface area contributed by atoms with Crippen molar-refractivity contribution in [3.05, 3.63) is 0 Å². The Morgan fingerprint density at radius 3 is 2.65 bits per heavy atom. The van der Waals surface area contributed by atoms with E-state index in [9.17, 15) is 9.90 Å². The SMILES string of the molecule is CC(C)C1=NN(C2CCCCCC2O)C(=O)C1. The number of carbonyl (C=O) groups is 1. The van der Waals surface area contributed by atoms with Gasteiger partial charge in [0.15, 0.2) is 0 Å². The summed E-state index contributed by atoms with van der Waals surface area (Å²) in [4.78, 5) is 11.9. The summed E-state index contributed by atoms with van der Waals surface area (Å²) in [6, 6.07) is -0.0961. The number of amides is 1. The van der Waals surface area contributed by atoms with Crippen LogP contribution in [-0.4, -0.2) is 33.9 Å². The molecule has 4 nitrogen and oxygen atoms in total. The van der Waals surface area contributed by atoms with Crippen LogP contribution in [0.15, 0.2) is 5.10 Å². The Bertz CT molecular complexity index is 325. The van der Waals surface area contributed by atoms with Crippen LogP contribution in [0.3, 0.4) is 0 Å². The van der Waals surface area contributed by atoms with Crippen LogP contribution in [0, 0.1) is 5.92 Å². The Hall–Kier alpha value is -0.900. The molecule has 0 radical (unpaired) electrons. The zero-order chi connectivity index (χ0) is 12.4. The summed E-state index contributed by atoms with van der Waals surface area (Å²) >= 11 is 0. The van der Waals surface area contributed by atoms with Crippen molar-refractivity contribution in [2.75, 3.05) is 0 Å². The molecular weight excluding hydrogens is 216 g/mol. The first-order chi connectivity index (χ1) is 8.09. The Kier molecular flexibility index (Phi) is 3.82. The Morgan fingerprint density at radius 2 is 2.00 bits per heavy atom. The third-order valence-corrected chi connectivity index (χ3v) is 3.75. The fraction of sp³-hybridized carbons (Fsp3) is 0.846. The predicted octanol–water partition coefficient (Wildman–Crippen LogP) is 1.92. The molecule has 1 aliphatic heterocycles. The minimum absolute atomic E-state index is 0.0552. The van der Waals surface area contributed by atoms with E-state index in [1.54, 1.807) is 5.01 Å². The summed E-state index contributed by atoms with van der Waals surface area (Å²) in [5, 5.41) is 16.1. The van der Waals surface area contributed by atoms with Crippen molar-refractivity contribution in [3.63, 3.8) is 0 Å². The van der Waals surface area contributed by atoms with E-state index in [0.717, 1.165) is 37.8 Å². The molecule has 1 amide bonds. The zero-order valence-corrected chi connectivity index (χ0v) is 10.7. The van der Waals surface area contributed by atoms with E-state index in [-0.39, 0.29) is 11.9 Å². The molecule has 1 N–H and O–H groups in total. The van der Waals surface area contributed by atoms with Gasteiger partial charge in [-0.2, -0.15) is 5.10 Å². The summed E-state index contributed by atoms with van der Waals surface area (Å²) in [7, 11) is 0. The van der Waals surface area contributed by atoms with Crippen molar-refractivity contribution in [2.24, 2.45) is 11.0 Å². The van der Waals surface area contributed by atoms with Crippen LogP contribution in [0.1, 0.15) is 52.4 Å². The van der Waals surface area contributed by atoms with Gasteiger partial charge in [-0.05, 0) is 18.8 Å². The molecule has 0 aromatic heterocycles. The summed E-state index contributed by atoms with van der Waals surface area (Å²) in [5.74, 6) is 0.367. The lowest BCUT2D eigenvalue weighted by atomic mass is 10.0. The van der Waals surface area contributed by atoms with Crippen molar-refractivity contribution >= 4 is 11.6 Å². The Morgan fingerprint density at radius 1 is 1.29 bits per heavy atom. The van der Waals surface area contributed by atoms with Crippen molar-refractivity contribution in [3.8, 4) is 0 Å². The fourth-order valence-electron chi connectivity index (χ4n) is 2.60. The number of rotatable bonds is 2. The van der Waals surface area contributed by atoms with Crippen molar-refractivity contribution in [1.82, 2.24) is 5.01 Å². The first kappa shape index (κ1) is 12.6. The standard InChI is InChI=1S/C13H22N2O2/c1-9(2)10-8-13(17)15(14-10)11-6-4-3-5-7-12(11)16/h9,11-12,16H,3-8H2,1-2H3. The van der Waals surface area contributed by atoms with Crippen LogP contribution in [0.25, 0.3) is 0 Å². The van der Waals surface area contributed by atoms with Gasteiger partial charge < -0.3 is 5.11 Å². The number of aliphatic hydroxyl groups excluding tert-OH is 1. The number of aliphatic hydroxyl groups is 1. The van der Waals surface area contributed by atoms with Gasteiger partial charge in [0, 0.05) is 0 Å². The molecule has 0 aromatic rings. The van der Waals surface area contributed by atoms with E-state index < -0.39 is 6.10 Å². The summed E-state index contributed by atoms with van der Waals surface area (Å²) in [6.45, 7) is 4.11. The lowest BCUT2D eigenvalue weighted by Gasteiger charge is -2.27. The maximum atomic E-state index is 11.9. The fourth-order valence-corrected chi connectivity index (χ4v) is 2.60. The summed E-state index contributed by atoms with van der Waals surface area (Å²) < 4.78 is 0. The summed E-state index contributed by atoms with van der Waals surface area (Å²) in [5.41, 5.74) is 0.950. The predicted molar refractivity (Wildman–Crippen MR) is 66.6 cm³/mol. The van der Waals surface area contributed by atoms with E-state index in [1.807, 2.05) is 0 Å². The highest BCUT2D eigenvalue weighted by atomic mass is 16.3. The Labute approximate surface area is 103 Å². The maximum absolute atomic E-state index is 11.9. The van der Waals surface area contributed by atoms with Crippen molar-refractivity contribution in [2.45, 2.75) is 64.5 Å². The van der Waals surface area contributed by atoms with E-state index in [0.29, 0.717) is 12.3 Å². The third kappa shape index (κ3) is 2.68. The van der Waals surface area contributed by atoms with Crippen LogP contribution >= 0.6 is 0 Å². The number of carbonyl (C=O) groups excluding carboxylic acids is 1. The maximum Gasteiger partial charge on any atom is 0.248 e. The molecular formula is C13H22N2O2. The van der Waals surface area contributed by atoms with Crippen molar-refractivity contribution < 1.29 is 9.90 Å². The topological polar surface area (TPSA) is 52.9 Å². The first-order valence-electron chi connectivity index (χ1n) is 6.67. The van der Waals surface area contributed by atoms with E-state index >= 15 is 0 Å². The molecule has 1 heterocycles. The number of hydrogen-bond acceptors (Lipinski definition) is 3. The van der Waals surface area contributed by atoms with Gasteiger partial charge >= 0.3 is 0 Å². The van der Waals surface area contributed by atoms with Crippen molar-refractivity contribution in [1.29, 1.82) is 0 Å². The molecule has 0 aromatic carbocycles. The minimum atomic E-state index is -0.406.